The van der Waals surface area contributed by atoms with Crippen molar-refractivity contribution in [3.05, 3.63) is 35.4 Å². The molecule has 1 aliphatic rings. The van der Waals surface area contributed by atoms with Crippen LogP contribution in [0.5, 0.6) is 0 Å². The quantitative estimate of drug-likeness (QED) is 0.794. The molecule has 0 aliphatic carbocycles. The fourth-order valence-corrected chi connectivity index (χ4v) is 2.51. The van der Waals surface area contributed by atoms with E-state index in [-0.39, 0.29) is 0 Å². The molecule has 2 nitrogen and oxygen atoms in total. The van der Waals surface area contributed by atoms with Gasteiger partial charge in [0.05, 0.1) is 0 Å². The summed E-state index contributed by atoms with van der Waals surface area (Å²) < 4.78 is 0. The smallest absolute Gasteiger partial charge is 0.129 e. The standard InChI is InChI=1S/C15H21NO/c1-13(17)6-4-10-16-11-5-9-14-7-2-3-8-15(14)12-16/h2-3,7-8H,4-6,9-12H2,1H3. The minimum Gasteiger partial charge on any atom is -0.300 e. The van der Waals surface area contributed by atoms with E-state index in [1.807, 2.05) is 0 Å². The second-order valence-corrected chi connectivity index (χ2v) is 4.95. The Labute approximate surface area is 104 Å². The lowest BCUT2D eigenvalue weighted by Crippen LogP contribution is -2.24. The predicted molar refractivity (Wildman–Crippen MR) is 70.0 cm³/mol. The van der Waals surface area contributed by atoms with Crippen molar-refractivity contribution in [3.8, 4) is 0 Å². The molecule has 0 saturated carbocycles. The van der Waals surface area contributed by atoms with E-state index in [2.05, 4.69) is 29.2 Å². The van der Waals surface area contributed by atoms with Crippen LogP contribution in [0.15, 0.2) is 24.3 Å². The van der Waals surface area contributed by atoms with Gasteiger partial charge in [0, 0.05) is 13.0 Å². The van der Waals surface area contributed by atoms with Crippen molar-refractivity contribution in [1.82, 2.24) is 4.90 Å². The maximum atomic E-state index is 10.9. The summed E-state index contributed by atoms with van der Waals surface area (Å²) in [4.78, 5) is 13.4. The molecule has 0 spiro atoms. The van der Waals surface area contributed by atoms with Crippen LogP contribution < -0.4 is 0 Å². The predicted octanol–water partition coefficient (Wildman–Crippen LogP) is 2.80. The van der Waals surface area contributed by atoms with E-state index >= 15 is 0 Å². The van der Waals surface area contributed by atoms with Gasteiger partial charge >= 0.3 is 0 Å². The van der Waals surface area contributed by atoms with Crippen molar-refractivity contribution in [2.45, 2.75) is 39.2 Å². The average molecular weight is 231 g/mol. The molecule has 1 aromatic rings. The summed E-state index contributed by atoms with van der Waals surface area (Å²) in [5, 5.41) is 0. The van der Waals surface area contributed by atoms with E-state index in [1.54, 1.807) is 6.92 Å². The molecule has 1 heterocycles. The van der Waals surface area contributed by atoms with E-state index < -0.39 is 0 Å². The molecule has 0 aromatic heterocycles. The monoisotopic (exact) mass is 231 g/mol. The van der Waals surface area contributed by atoms with Crippen molar-refractivity contribution in [1.29, 1.82) is 0 Å². The Hall–Kier alpha value is -1.15. The molecule has 0 amide bonds. The number of benzene rings is 1. The van der Waals surface area contributed by atoms with E-state index in [4.69, 9.17) is 0 Å². The van der Waals surface area contributed by atoms with E-state index in [0.717, 1.165) is 32.5 Å². The molecule has 1 aromatic carbocycles. The van der Waals surface area contributed by atoms with Gasteiger partial charge in [-0.05, 0) is 50.4 Å². The molecule has 2 heteroatoms. The summed E-state index contributed by atoms with van der Waals surface area (Å²) in [5.41, 5.74) is 2.97. The fraction of sp³-hybridized carbons (Fsp3) is 0.533. The van der Waals surface area contributed by atoms with Crippen LogP contribution in [0.3, 0.4) is 0 Å². The zero-order valence-electron chi connectivity index (χ0n) is 10.6. The maximum Gasteiger partial charge on any atom is 0.129 e. The summed E-state index contributed by atoms with van der Waals surface area (Å²) in [6.07, 6.45) is 4.14. The number of Topliss-reactive ketones (excluding diaryl/α,β-unsaturated/α-hetero) is 1. The molecular weight excluding hydrogens is 210 g/mol. The molecular formula is C15H21NO. The first-order valence-electron chi connectivity index (χ1n) is 6.54. The summed E-state index contributed by atoms with van der Waals surface area (Å²) >= 11 is 0. The highest BCUT2D eigenvalue weighted by atomic mass is 16.1. The van der Waals surface area contributed by atoms with Crippen LogP contribution in [0.4, 0.5) is 0 Å². The average Bonchev–Trinajstić information content (AvgIpc) is 2.50. The van der Waals surface area contributed by atoms with Gasteiger partial charge in [0.25, 0.3) is 0 Å². The molecule has 1 aliphatic heterocycles. The zero-order chi connectivity index (χ0) is 12.1. The van der Waals surface area contributed by atoms with E-state index in [1.165, 1.54) is 24.0 Å². The fourth-order valence-electron chi connectivity index (χ4n) is 2.51. The second kappa shape index (κ2) is 5.97. The number of aryl methyl sites for hydroxylation is 1. The highest BCUT2D eigenvalue weighted by Gasteiger charge is 2.13. The third kappa shape index (κ3) is 3.67. The largest absolute Gasteiger partial charge is 0.300 e. The molecule has 0 unspecified atom stereocenters. The first-order chi connectivity index (χ1) is 8.25. The Morgan fingerprint density at radius 1 is 1.29 bits per heavy atom. The van der Waals surface area contributed by atoms with Gasteiger partial charge in [0.1, 0.15) is 5.78 Å². The van der Waals surface area contributed by atoms with Crippen LogP contribution in [-0.2, 0) is 17.8 Å². The van der Waals surface area contributed by atoms with Crippen LogP contribution >= 0.6 is 0 Å². The summed E-state index contributed by atoms with van der Waals surface area (Å²) in [6, 6.07) is 8.73. The van der Waals surface area contributed by atoms with Crippen molar-refractivity contribution in [3.63, 3.8) is 0 Å². The van der Waals surface area contributed by atoms with Crippen LogP contribution in [0, 0.1) is 0 Å². The van der Waals surface area contributed by atoms with Gasteiger partial charge < -0.3 is 4.79 Å². The first-order valence-corrected chi connectivity index (χ1v) is 6.54. The van der Waals surface area contributed by atoms with Gasteiger partial charge in [0.15, 0.2) is 0 Å². The van der Waals surface area contributed by atoms with Crippen molar-refractivity contribution < 1.29 is 4.79 Å². The molecule has 0 radical (unpaired) electrons. The molecule has 0 atom stereocenters. The normalized spacial score (nSPS) is 16.3. The molecule has 0 saturated heterocycles. The molecule has 17 heavy (non-hydrogen) atoms. The lowest BCUT2D eigenvalue weighted by Gasteiger charge is -2.19. The number of carbonyl (C=O) groups excluding carboxylic acids is 1. The van der Waals surface area contributed by atoms with Crippen molar-refractivity contribution in [2.24, 2.45) is 0 Å². The van der Waals surface area contributed by atoms with Crippen LogP contribution in [-0.4, -0.2) is 23.8 Å². The third-order valence-corrected chi connectivity index (χ3v) is 3.44. The number of fused-ring (bicyclic) bond motifs is 1. The SMILES string of the molecule is CC(=O)CCCN1CCCc2ccccc2C1. The van der Waals surface area contributed by atoms with Gasteiger partial charge in [-0.15, -0.1) is 0 Å². The number of rotatable bonds is 4. The highest BCUT2D eigenvalue weighted by molar-refractivity contribution is 5.75. The van der Waals surface area contributed by atoms with Gasteiger partial charge in [-0.3, -0.25) is 4.90 Å². The van der Waals surface area contributed by atoms with Gasteiger partial charge in [-0.25, -0.2) is 0 Å². The molecule has 92 valence electrons. The summed E-state index contributed by atoms with van der Waals surface area (Å²) in [6.45, 7) is 4.94. The van der Waals surface area contributed by atoms with Crippen molar-refractivity contribution in [2.75, 3.05) is 13.1 Å². The number of nitrogens with zero attached hydrogens (tertiary/aromatic N) is 1. The van der Waals surface area contributed by atoms with Crippen molar-refractivity contribution >= 4 is 5.78 Å². The molecule has 2 rings (SSSR count). The topological polar surface area (TPSA) is 20.3 Å². The minimum atomic E-state index is 0.306. The van der Waals surface area contributed by atoms with Gasteiger partial charge in [0.2, 0.25) is 0 Å². The first kappa shape index (κ1) is 12.3. The summed E-state index contributed by atoms with van der Waals surface area (Å²) in [5.74, 6) is 0.306. The van der Waals surface area contributed by atoms with E-state index in [0.29, 0.717) is 5.78 Å². The number of carbonyl (C=O) groups is 1. The zero-order valence-corrected chi connectivity index (χ0v) is 10.6. The Kier molecular flexibility index (Phi) is 4.32. The van der Waals surface area contributed by atoms with Crippen LogP contribution in [0.25, 0.3) is 0 Å². The lowest BCUT2D eigenvalue weighted by atomic mass is 10.0. The Morgan fingerprint density at radius 3 is 2.82 bits per heavy atom. The number of hydrogen-bond acceptors (Lipinski definition) is 2. The summed E-state index contributed by atoms with van der Waals surface area (Å²) in [7, 11) is 0. The molecule has 0 fully saturated rings. The van der Waals surface area contributed by atoms with E-state index in [9.17, 15) is 4.79 Å². The minimum absolute atomic E-state index is 0.306. The van der Waals surface area contributed by atoms with Gasteiger partial charge in [-0.2, -0.15) is 0 Å². The molecule has 0 bridgehead atoms. The highest BCUT2D eigenvalue weighted by Crippen LogP contribution is 2.18. The number of hydrogen-bond donors (Lipinski definition) is 0. The molecule has 0 N–H and O–H groups in total. The van der Waals surface area contributed by atoms with Crippen LogP contribution in [0.2, 0.25) is 0 Å². The maximum absolute atomic E-state index is 10.9. The van der Waals surface area contributed by atoms with Gasteiger partial charge in [-0.1, -0.05) is 24.3 Å². The Balaban J connectivity index is 1.91. The van der Waals surface area contributed by atoms with Crippen LogP contribution in [0.1, 0.15) is 37.3 Å². The Morgan fingerprint density at radius 2 is 2.06 bits per heavy atom. The Bertz CT molecular complexity index is 386. The lowest BCUT2D eigenvalue weighted by molar-refractivity contribution is -0.117. The third-order valence-electron chi connectivity index (χ3n) is 3.44. The second-order valence-electron chi connectivity index (χ2n) is 4.95. The number of ketones is 1.